The van der Waals surface area contributed by atoms with Gasteiger partial charge in [-0.1, -0.05) is 0 Å². The zero-order valence-electron chi connectivity index (χ0n) is 10.4. The molecule has 3 N–H and O–H groups in total. The summed E-state index contributed by atoms with van der Waals surface area (Å²) in [6.45, 7) is 5.35. The minimum absolute atomic E-state index is 0.280. The van der Waals surface area contributed by atoms with E-state index < -0.39 is 11.7 Å². The predicted octanol–water partition coefficient (Wildman–Crippen LogP) is 1.37. The minimum Gasteiger partial charge on any atom is -0.443 e. The van der Waals surface area contributed by atoms with Crippen LogP contribution in [0.3, 0.4) is 0 Å². The van der Waals surface area contributed by atoms with Gasteiger partial charge in [0.2, 0.25) is 5.95 Å². The Morgan fingerprint density at radius 1 is 1.41 bits per heavy atom. The van der Waals surface area contributed by atoms with E-state index in [1.165, 1.54) is 0 Å². The Kier molecular flexibility index (Phi) is 4.08. The standard InChI is InChI=1S/C10H17N5O2/c1-10(2,3)17-9(16)15-14-8-12-6-5-7(11-4)13-8/h5-6H,1-4H3,(H,15,16)(H2,11,12,13,14). The first-order chi connectivity index (χ1) is 7.90. The van der Waals surface area contributed by atoms with Crippen molar-refractivity contribution in [2.24, 2.45) is 0 Å². The summed E-state index contributed by atoms with van der Waals surface area (Å²) in [6.07, 6.45) is 0.980. The lowest BCUT2D eigenvalue weighted by Crippen LogP contribution is -2.36. The molecular formula is C10H17N5O2. The molecule has 0 bridgehead atoms. The van der Waals surface area contributed by atoms with Crippen LogP contribution in [0, 0.1) is 0 Å². The molecule has 0 aromatic carbocycles. The third kappa shape index (κ3) is 5.01. The summed E-state index contributed by atoms with van der Waals surface area (Å²) in [6, 6.07) is 1.71. The second kappa shape index (κ2) is 5.33. The van der Waals surface area contributed by atoms with Crippen molar-refractivity contribution in [2.75, 3.05) is 17.8 Å². The van der Waals surface area contributed by atoms with E-state index in [1.807, 2.05) is 0 Å². The van der Waals surface area contributed by atoms with Gasteiger partial charge in [-0.3, -0.25) is 5.43 Å². The maximum atomic E-state index is 11.3. The summed E-state index contributed by atoms with van der Waals surface area (Å²) in [7, 11) is 1.74. The van der Waals surface area contributed by atoms with Crippen LogP contribution in [-0.4, -0.2) is 28.7 Å². The number of anilines is 2. The minimum atomic E-state index is -0.587. The molecule has 1 rings (SSSR count). The lowest BCUT2D eigenvalue weighted by Gasteiger charge is -2.19. The first-order valence-corrected chi connectivity index (χ1v) is 5.16. The highest BCUT2D eigenvalue weighted by atomic mass is 16.6. The molecule has 0 spiro atoms. The molecule has 0 fully saturated rings. The van der Waals surface area contributed by atoms with Gasteiger partial charge in [-0.2, -0.15) is 4.98 Å². The summed E-state index contributed by atoms with van der Waals surface area (Å²) in [4.78, 5) is 19.3. The molecule has 0 saturated heterocycles. The van der Waals surface area contributed by atoms with E-state index in [-0.39, 0.29) is 5.95 Å². The van der Waals surface area contributed by atoms with Gasteiger partial charge in [0.05, 0.1) is 0 Å². The van der Waals surface area contributed by atoms with E-state index in [4.69, 9.17) is 4.74 Å². The van der Waals surface area contributed by atoms with Gasteiger partial charge in [0, 0.05) is 13.2 Å². The average molecular weight is 239 g/mol. The Labute approximate surface area is 100.0 Å². The Morgan fingerprint density at radius 3 is 2.71 bits per heavy atom. The van der Waals surface area contributed by atoms with E-state index in [0.29, 0.717) is 5.82 Å². The number of nitrogens with zero attached hydrogens (tertiary/aromatic N) is 2. The van der Waals surface area contributed by atoms with Crippen molar-refractivity contribution in [1.82, 2.24) is 15.4 Å². The highest BCUT2D eigenvalue weighted by Crippen LogP contribution is 2.07. The molecule has 0 radical (unpaired) electrons. The fourth-order valence-corrected chi connectivity index (χ4v) is 0.969. The van der Waals surface area contributed by atoms with Crippen molar-refractivity contribution in [3.8, 4) is 0 Å². The first kappa shape index (κ1) is 13.0. The Hall–Kier alpha value is -2.05. The number of rotatable bonds is 3. The van der Waals surface area contributed by atoms with Crippen LogP contribution < -0.4 is 16.2 Å². The molecular weight excluding hydrogens is 222 g/mol. The fraction of sp³-hybridized carbons (Fsp3) is 0.500. The molecule has 7 nitrogen and oxygen atoms in total. The highest BCUT2D eigenvalue weighted by molar-refractivity contribution is 5.69. The number of hydrazine groups is 1. The summed E-state index contributed by atoms with van der Waals surface area (Å²) in [5, 5.41) is 2.86. The van der Waals surface area contributed by atoms with Crippen LogP contribution in [0.25, 0.3) is 0 Å². The van der Waals surface area contributed by atoms with Crippen LogP contribution in [0.1, 0.15) is 20.8 Å². The summed E-state index contributed by atoms with van der Waals surface area (Å²) in [5.74, 6) is 0.927. The molecule has 7 heteroatoms. The number of aromatic nitrogens is 2. The third-order valence-corrected chi connectivity index (χ3v) is 1.59. The van der Waals surface area contributed by atoms with E-state index in [9.17, 15) is 4.79 Å². The molecule has 1 aromatic heterocycles. The lowest BCUT2D eigenvalue weighted by molar-refractivity contribution is 0.0540. The van der Waals surface area contributed by atoms with Crippen LogP contribution in [0.4, 0.5) is 16.6 Å². The maximum Gasteiger partial charge on any atom is 0.426 e. The zero-order valence-corrected chi connectivity index (χ0v) is 10.4. The van der Waals surface area contributed by atoms with Gasteiger partial charge >= 0.3 is 6.09 Å². The fourth-order valence-electron chi connectivity index (χ4n) is 0.969. The topological polar surface area (TPSA) is 88.2 Å². The van der Waals surface area contributed by atoms with Gasteiger partial charge in [0.1, 0.15) is 11.4 Å². The van der Waals surface area contributed by atoms with Crippen LogP contribution in [-0.2, 0) is 4.74 Å². The van der Waals surface area contributed by atoms with Crippen molar-refractivity contribution in [3.05, 3.63) is 12.3 Å². The maximum absolute atomic E-state index is 11.3. The number of carbonyl (C=O) groups excluding carboxylic acids is 1. The van der Waals surface area contributed by atoms with Crippen LogP contribution in [0.2, 0.25) is 0 Å². The third-order valence-electron chi connectivity index (χ3n) is 1.59. The number of carbonyl (C=O) groups is 1. The van der Waals surface area contributed by atoms with Crippen molar-refractivity contribution < 1.29 is 9.53 Å². The number of amides is 1. The van der Waals surface area contributed by atoms with Crippen LogP contribution in [0.5, 0.6) is 0 Å². The smallest absolute Gasteiger partial charge is 0.426 e. The molecule has 0 saturated carbocycles. The summed E-state index contributed by atoms with van der Waals surface area (Å²) >= 11 is 0. The van der Waals surface area contributed by atoms with Gasteiger partial charge in [0.25, 0.3) is 0 Å². The van der Waals surface area contributed by atoms with Crippen molar-refractivity contribution in [2.45, 2.75) is 26.4 Å². The molecule has 1 amide bonds. The van der Waals surface area contributed by atoms with Crippen LogP contribution >= 0.6 is 0 Å². The average Bonchev–Trinajstić information content (AvgIpc) is 2.24. The quantitative estimate of drug-likeness (QED) is 0.690. The second-order valence-electron chi connectivity index (χ2n) is 4.27. The van der Waals surface area contributed by atoms with Gasteiger partial charge < -0.3 is 10.1 Å². The van der Waals surface area contributed by atoms with Crippen molar-refractivity contribution in [1.29, 1.82) is 0 Å². The SMILES string of the molecule is CNc1ccnc(NNC(=O)OC(C)(C)C)n1. The highest BCUT2D eigenvalue weighted by Gasteiger charge is 2.15. The summed E-state index contributed by atoms with van der Waals surface area (Å²) < 4.78 is 5.03. The molecule has 17 heavy (non-hydrogen) atoms. The largest absolute Gasteiger partial charge is 0.443 e. The zero-order chi connectivity index (χ0) is 12.9. The van der Waals surface area contributed by atoms with Crippen molar-refractivity contribution in [3.63, 3.8) is 0 Å². The molecule has 0 aliphatic rings. The van der Waals surface area contributed by atoms with E-state index in [1.54, 1.807) is 40.1 Å². The molecule has 1 aromatic rings. The Bertz CT molecular complexity index is 389. The van der Waals surface area contributed by atoms with Gasteiger partial charge in [-0.05, 0) is 26.8 Å². The monoisotopic (exact) mass is 239 g/mol. The second-order valence-corrected chi connectivity index (χ2v) is 4.27. The number of hydrogen-bond acceptors (Lipinski definition) is 6. The van der Waals surface area contributed by atoms with Gasteiger partial charge in [-0.25, -0.2) is 15.2 Å². The summed E-state index contributed by atoms with van der Waals surface area (Å²) in [5.41, 5.74) is 4.36. The van der Waals surface area contributed by atoms with E-state index >= 15 is 0 Å². The molecule has 1 heterocycles. The van der Waals surface area contributed by atoms with E-state index in [0.717, 1.165) is 0 Å². The number of hydrogen-bond donors (Lipinski definition) is 3. The molecule has 0 atom stereocenters. The molecule has 0 aliphatic heterocycles. The van der Waals surface area contributed by atoms with Crippen LogP contribution in [0.15, 0.2) is 12.3 Å². The van der Waals surface area contributed by atoms with Gasteiger partial charge in [0.15, 0.2) is 0 Å². The Balaban J connectivity index is 2.47. The number of nitrogens with one attached hydrogen (secondary N) is 3. The normalized spacial score (nSPS) is 10.6. The predicted molar refractivity (Wildman–Crippen MR) is 64.6 cm³/mol. The Morgan fingerprint density at radius 2 is 2.12 bits per heavy atom. The lowest BCUT2D eigenvalue weighted by atomic mass is 10.2. The van der Waals surface area contributed by atoms with E-state index in [2.05, 4.69) is 26.1 Å². The van der Waals surface area contributed by atoms with Gasteiger partial charge in [-0.15, -0.1) is 0 Å². The van der Waals surface area contributed by atoms with Crippen molar-refractivity contribution >= 4 is 17.9 Å². The first-order valence-electron chi connectivity index (χ1n) is 5.16. The molecule has 0 aliphatic carbocycles. The number of ether oxygens (including phenoxy) is 1. The molecule has 94 valence electrons. The molecule has 0 unspecified atom stereocenters.